The first kappa shape index (κ1) is 45.1. The first-order valence-corrected chi connectivity index (χ1v) is 24.0. The number of hydrogen-bond donors (Lipinski definition) is 3. The van der Waals surface area contributed by atoms with Gasteiger partial charge < -0.3 is 29.7 Å². The number of aryl methyl sites for hydroxylation is 1. The Morgan fingerprint density at radius 2 is 1.84 bits per heavy atom. The minimum Gasteiger partial charge on any atom is -0.496 e. The molecule has 2 aliphatic heterocycles. The van der Waals surface area contributed by atoms with Crippen molar-refractivity contribution in [3.05, 3.63) is 71.3 Å². The van der Waals surface area contributed by atoms with E-state index in [9.17, 15) is 36.0 Å². The lowest BCUT2D eigenvalue weighted by molar-refractivity contribution is -0.274. The fourth-order valence-corrected chi connectivity index (χ4v) is 10.8. The molecule has 2 aliphatic carbocycles. The Morgan fingerprint density at radius 1 is 1.05 bits per heavy atom. The maximum Gasteiger partial charge on any atom is 0.573 e. The van der Waals surface area contributed by atoms with Crippen LogP contribution in [0.2, 0.25) is 0 Å². The van der Waals surface area contributed by atoms with Gasteiger partial charge in [0.2, 0.25) is 21.8 Å². The molecule has 1 saturated heterocycles. The van der Waals surface area contributed by atoms with Crippen molar-refractivity contribution in [2.24, 2.45) is 5.92 Å². The zero-order valence-electron chi connectivity index (χ0n) is 35.9. The number of carbonyl (C=O) groups is 3. The highest BCUT2D eigenvalue weighted by Crippen LogP contribution is 2.46. The highest BCUT2D eigenvalue weighted by atomic mass is 32.2. The van der Waals surface area contributed by atoms with Crippen molar-refractivity contribution < 1.29 is 50.2 Å². The Hall–Kier alpha value is -5.43. The molecule has 0 bridgehead atoms. The first-order chi connectivity index (χ1) is 30.4. The number of anilines is 1. The number of nitrogens with zero attached hydrogens (tertiary/aromatic N) is 3. The second-order valence-corrected chi connectivity index (χ2v) is 20.1. The molecule has 0 unspecified atom stereocenters. The number of rotatable bonds is 11. The summed E-state index contributed by atoms with van der Waals surface area (Å²) in [5, 5.41) is 8.65. The Labute approximate surface area is 373 Å². The Morgan fingerprint density at radius 3 is 2.56 bits per heavy atom. The molecule has 4 heterocycles. The van der Waals surface area contributed by atoms with E-state index in [1.165, 1.54) is 28.4 Å². The molecular formula is C45H51F3N6O8S2. The minimum absolute atomic E-state index is 0.0131. The van der Waals surface area contributed by atoms with Gasteiger partial charge in [0.1, 0.15) is 51.7 Å². The maximum atomic E-state index is 14.9. The van der Waals surface area contributed by atoms with Gasteiger partial charge in [0.05, 0.1) is 30.1 Å². The fourth-order valence-electron chi connectivity index (χ4n) is 8.49. The number of alkyl halides is 3. The summed E-state index contributed by atoms with van der Waals surface area (Å²) in [5.74, 6) is -1.75. The number of thiazole rings is 1. The standard InChI is InChI=1S/C45H51F3N6O8S2/c1-25(2)35-24-63-41(51-35)34-21-38(32-17-18-37(60-4)26(3)39(32)50-34)61-30-20-36-40(55)52-44(43(57)53-64(58,59)31-15-16-31)22-27(44)11-8-6-5-7-9-14-33(42(56)54(36)23-30)49-28-12-10-13-29(19-28)62-45(46,47)48/h8,10-13,17-19,21,24-25,27,30-31,33,36,49H,5-7,9,14-16,20,22-23H2,1-4H3,(H,52,55)(H,53,57)/b11-8-/t27-,30-,33+,36+,44-/m1/s1. The smallest absolute Gasteiger partial charge is 0.496 e. The molecule has 14 nitrogen and oxygen atoms in total. The summed E-state index contributed by atoms with van der Waals surface area (Å²) in [6.07, 6.45) is 1.98. The van der Waals surface area contributed by atoms with Crippen LogP contribution >= 0.6 is 11.3 Å². The summed E-state index contributed by atoms with van der Waals surface area (Å²) in [5.41, 5.74) is 1.46. The summed E-state index contributed by atoms with van der Waals surface area (Å²) in [4.78, 5) is 54.8. The van der Waals surface area contributed by atoms with Crippen molar-refractivity contribution in [1.29, 1.82) is 0 Å². The summed E-state index contributed by atoms with van der Waals surface area (Å²) in [7, 11) is -2.39. The number of fused-ring (bicyclic) bond motifs is 3. The van der Waals surface area contributed by atoms with Gasteiger partial charge in [0.25, 0.3) is 5.91 Å². The molecule has 3 amide bonds. The van der Waals surface area contributed by atoms with Gasteiger partial charge >= 0.3 is 6.36 Å². The highest BCUT2D eigenvalue weighted by molar-refractivity contribution is 7.91. The number of ether oxygens (including phenoxy) is 3. The zero-order chi connectivity index (χ0) is 45.6. The van der Waals surface area contributed by atoms with Crippen molar-refractivity contribution >= 4 is 55.7 Å². The number of aromatic nitrogens is 2. The molecule has 4 aliphatic rings. The van der Waals surface area contributed by atoms with Crippen molar-refractivity contribution in [3.63, 3.8) is 0 Å². The highest BCUT2D eigenvalue weighted by Gasteiger charge is 2.62. The van der Waals surface area contributed by atoms with E-state index in [4.69, 9.17) is 19.4 Å². The second kappa shape index (κ2) is 17.9. The minimum atomic E-state index is -4.93. The molecule has 0 spiro atoms. The van der Waals surface area contributed by atoms with Crippen LogP contribution in [0.25, 0.3) is 21.6 Å². The average molecular weight is 925 g/mol. The van der Waals surface area contributed by atoms with E-state index >= 15 is 0 Å². The maximum absolute atomic E-state index is 14.9. The van der Waals surface area contributed by atoms with Crippen molar-refractivity contribution in [3.8, 4) is 28.0 Å². The third-order valence-electron chi connectivity index (χ3n) is 12.2. The van der Waals surface area contributed by atoms with E-state index in [0.717, 1.165) is 29.8 Å². The number of sulfonamides is 1. The van der Waals surface area contributed by atoms with Crippen LogP contribution in [0, 0.1) is 12.8 Å². The van der Waals surface area contributed by atoms with E-state index in [1.54, 1.807) is 19.2 Å². The van der Waals surface area contributed by atoms with E-state index < -0.39 is 74.8 Å². The van der Waals surface area contributed by atoms with Crippen molar-refractivity contribution in [2.45, 2.75) is 120 Å². The fraction of sp³-hybridized carbons (Fsp3) is 0.489. The van der Waals surface area contributed by atoms with Crippen LogP contribution in [0.1, 0.15) is 88.8 Å². The summed E-state index contributed by atoms with van der Waals surface area (Å²) < 4.78 is 84.4. The largest absolute Gasteiger partial charge is 0.573 e. The summed E-state index contributed by atoms with van der Waals surface area (Å²) in [6, 6.07) is 8.46. The lowest BCUT2D eigenvalue weighted by atomic mass is 10.0. The molecule has 0 radical (unpaired) electrons. The monoisotopic (exact) mass is 924 g/mol. The van der Waals surface area contributed by atoms with Gasteiger partial charge in [0, 0.05) is 46.5 Å². The number of halogens is 3. The van der Waals surface area contributed by atoms with Gasteiger partial charge in [-0.15, -0.1) is 24.5 Å². The predicted molar refractivity (Wildman–Crippen MR) is 235 cm³/mol. The number of benzene rings is 2. The summed E-state index contributed by atoms with van der Waals surface area (Å²) in [6.45, 7) is 5.91. The van der Waals surface area contributed by atoms with Gasteiger partial charge in [-0.25, -0.2) is 18.4 Å². The molecule has 2 aromatic carbocycles. The van der Waals surface area contributed by atoms with Crippen LogP contribution in [0.3, 0.4) is 0 Å². The molecule has 2 saturated carbocycles. The second-order valence-electron chi connectivity index (χ2n) is 17.3. The molecule has 3 N–H and O–H groups in total. The third-order valence-corrected chi connectivity index (χ3v) is 14.9. The van der Waals surface area contributed by atoms with Crippen LogP contribution in [-0.4, -0.2) is 90.0 Å². The molecule has 342 valence electrons. The molecule has 4 aromatic rings. The van der Waals surface area contributed by atoms with E-state index in [2.05, 4.69) is 33.9 Å². The van der Waals surface area contributed by atoms with Crippen LogP contribution in [0.15, 0.2) is 60.0 Å². The molecular weight excluding hydrogens is 874 g/mol. The predicted octanol–water partition coefficient (Wildman–Crippen LogP) is 7.53. The topological polar surface area (TPSA) is 178 Å². The molecule has 19 heteroatoms. The van der Waals surface area contributed by atoms with Gasteiger partial charge in [0.15, 0.2) is 0 Å². The molecule has 8 rings (SSSR count). The van der Waals surface area contributed by atoms with E-state index in [0.29, 0.717) is 65.2 Å². The van der Waals surface area contributed by atoms with Crippen molar-refractivity contribution in [1.82, 2.24) is 24.9 Å². The van der Waals surface area contributed by atoms with Gasteiger partial charge in [-0.05, 0) is 75.6 Å². The normalized spacial score (nSPS) is 24.8. The molecule has 5 atom stereocenters. The number of hydrogen-bond acceptors (Lipinski definition) is 12. The zero-order valence-corrected chi connectivity index (χ0v) is 37.5. The van der Waals surface area contributed by atoms with Crippen LogP contribution in [0.5, 0.6) is 17.2 Å². The van der Waals surface area contributed by atoms with Crippen LogP contribution in [0.4, 0.5) is 18.9 Å². The Kier molecular flexibility index (Phi) is 12.6. The number of nitrogens with one attached hydrogen (secondary N) is 3. The first-order valence-electron chi connectivity index (χ1n) is 21.5. The number of pyridine rings is 1. The quantitative estimate of drug-likeness (QED) is 0.127. The molecule has 2 aromatic heterocycles. The van der Waals surface area contributed by atoms with Crippen LogP contribution < -0.4 is 29.6 Å². The SMILES string of the molecule is COc1ccc2c(O[C@@H]3C[C@H]4C(=O)N[C@]5(C(=O)NS(=O)(=O)C6CC6)C[C@H]5/C=C\CCCCC[C@H](Nc5cccc(OC(F)(F)F)c5)C(=O)N4C3)cc(-c3nc(C(C)C)cs3)nc2c1C. The molecule has 3 fully saturated rings. The molecule has 64 heavy (non-hydrogen) atoms. The van der Waals surface area contributed by atoms with E-state index in [-0.39, 0.29) is 37.4 Å². The lowest BCUT2D eigenvalue weighted by Gasteiger charge is -2.30. The van der Waals surface area contributed by atoms with Crippen LogP contribution in [-0.2, 0) is 24.4 Å². The Balaban J connectivity index is 1.15. The van der Waals surface area contributed by atoms with Gasteiger partial charge in [-0.2, -0.15) is 0 Å². The third kappa shape index (κ3) is 9.79. The van der Waals surface area contributed by atoms with E-state index in [1.807, 2.05) is 30.5 Å². The average Bonchev–Trinajstić information content (AvgIpc) is 4.11. The van der Waals surface area contributed by atoms with Gasteiger partial charge in [-0.1, -0.05) is 44.9 Å². The summed E-state index contributed by atoms with van der Waals surface area (Å²) >= 11 is 1.45. The number of methoxy groups -OCH3 is 1. The number of carbonyl (C=O) groups excluding carboxylic acids is 3. The van der Waals surface area contributed by atoms with Crippen molar-refractivity contribution in [2.75, 3.05) is 19.0 Å². The lowest BCUT2D eigenvalue weighted by Crippen LogP contribution is -2.57. The van der Waals surface area contributed by atoms with Gasteiger partial charge in [-0.3, -0.25) is 19.1 Å². The number of amides is 3. The number of allylic oxidation sites excluding steroid dienone is 1. The Bertz CT molecular complexity index is 2580.